The van der Waals surface area contributed by atoms with Crippen LogP contribution in [-0.2, 0) is 0 Å². The Hall–Kier alpha value is -3.25. The summed E-state index contributed by atoms with van der Waals surface area (Å²) in [6.07, 6.45) is 3.06. The number of benzene rings is 1. The molecule has 0 fully saturated rings. The van der Waals surface area contributed by atoms with E-state index in [4.69, 9.17) is 10.5 Å². The van der Waals surface area contributed by atoms with Gasteiger partial charge in [0, 0.05) is 10.8 Å². The van der Waals surface area contributed by atoms with E-state index < -0.39 is 0 Å². The van der Waals surface area contributed by atoms with Crippen LogP contribution in [0.2, 0.25) is 0 Å². The molecule has 0 spiro atoms. The molecule has 3 aromatic rings. The number of fused-ring (bicyclic) bond motifs is 1. The molecule has 6 nitrogen and oxygen atoms in total. The van der Waals surface area contributed by atoms with Crippen LogP contribution in [0.15, 0.2) is 36.8 Å². The normalized spacial score (nSPS) is 10.0. The van der Waals surface area contributed by atoms with E-state index in [1.807, 2.05) is 36.4 Å². The highest BCUT2D eigenvalue weighted by atomic mass is 15.2. The first-order valence-corrected chi connectivity index (χ1v) is 5.43. The molecule has 0 radical (unpaired) electrons. The smallest absolute Gasteiger partial charge is 0.177 e. The molecule has 0 unspecified atom stereocenters. The Morgan fingerprint density at radius 3 is 2.74 bits per heavy atom. The fourth-order valence-electron chi connectivity index (χ4n) is 1.89. The SMILES string of the molecule is N#Cc1ncn(-c2nncc3ccccc23)c1C#N. The van der Waals surface area contributed by atoms with Crippen molar-refractivity contribution in [2.45, 2.75) is 0 Å². The van der Waals surface area contributed by atoms with E-state index in [-0.39, 0.29) is 11.4 Å². The Kier molecular flexibility index (Phi) is 2.41. The van der Waals surface area contributed by atoms with E-state index in [1.165, 1.54) is 10.9 Å². The molecule has 1 aromatic carbocycles. The number of nitrogens with zero attached hydrogens (tertiary/aromatic N) is 6. The third-order valence-electron chi connectivity index (χ3n) is 2.76. The molecule has 0 saturated heterocycles. The van der Waals surface area contributed by atoms with E-state index in [0.717, 1.165) is 10.8 Å². The molecule has 0 aliphatic heterocycles. The number of rotatable bonds is 1. The second-order valence-corrected chi connectivity index (χ2v) is 3.79. The Bertz CT molecular complexity index is 844. The van der Waals surface area contributed by atoms with Crippen LogP contribution in [0.4, 0.5) is 0 Å². The highest BCUT2D eigenvalue weighted by Gasteiger charge is 2.14. The summed E-state index contributed by atoms with van der Waals surface area (Å²) in [6.45, 7) is 0. The summed E-state index contributed by atoms with van der Waals surface area (Å²) >= 11 is 0. The zero-order chi connectivity index (χ0) is 13.2. The van der Waals surface area contributed by atoms with Gasteiger partial charge in [0.1, 0.15) is 18.5 Å². The average molecular weight is 246 g/mol. The molecule has 0 N–H and O–H groups in total. The first-order valence-electron chi connectivity index (χ1n) is 5.43. The molecule has 0 saturated carbocycles. The van der Waals surface area contributed by atoms with Crippen LogP contribution >= 0.6 is 0 Å². The van der Waals surface area contributed by atoms with E-state index in [2.05, 4.69) is 15.2 Å². The number of nitriles is 2. The van der Waals surface area contributed by atoms with Gasteiger partial charge in [0.2, 0.25) is 0 Å². The molecule has 0 atom stereocenters. The Labute approximate surface area is 108 Å². The van der Waals surface area contributed by atoms with Crippen LogP contribution in [0.5, 0.6) is 0 Å². The molecule has 6 heteroatoms. The summed E-state index contributed by atoms with van der Waals surface area (Å²) in [4.78, 5) is 3.90. The maximum absolute atomic E-state index is 9.14. The third kappa shape index (κ3) is 1.60. The molecular weight excluding hydrogens is 240 g/mol. The number of hydrogen-bond acceptors (Lipinski definition) is 5. The highest BCUT2D eigenvalue weighted by Crippen LogP contribution is 2.20. The molecule has 2 aromatic heterocycles. The number of hydrogen-bond donors (Lipinski definition) is 0. The van der Waals surface area contributed by atoms with Gasteiger partial charge in [-0.2, -0.15) is 15.6 Å². The van der Waals surface area contributed by atoms with Crippen molar-refractivity contribution in [3.63, 3.8) is 0 Å². The molecule has 0 amide bonds. The van der Waals surface area contributed by atoms with Crippen molar-refractivity contribution in [3.05, 3.63) is 48.2 Å². The van der Waals surface area contributed by atoms with Crippen molar-refractivity contribution in [1.82, 2.24) is 19.7 Å². The van der Waals surface area contributed by atoms with Gasteiger partial charge in [-0.1, -0.05) is 24.3 Å². The second kappa shape index (κ2) is 4.21. The lowest BCUT2D eigenvalue weighted by Crippen LogP contribution is -2.02. The van der Waals surface area contributed by atoms with Crippen LogP contribution in [0, 0.1) is 22.7 Å². The molecule has 0 aliphatic carbocycles. The Morgan fingerprint density at radius 2 is 1.95 bits per heavy atom. The van der Waals surface area contributed by atoms with Gasteiger partial charge >= 0.3 is 0 Å². The monoisotopic (exact) mass is 246 g/mol. The molecule has 19 heavy (non-hydrogen) atoms. The zero-order valence-electron chi connectivity index (χ0n) is 9.65. The lowest BCUT2D eigenvalue weighted by Gasteiger charge is -2.05. The third-order valence-corrected chi connectivity index (χ3v) is 2.76. The number of imidazole rings is 1. The van der Waals surface area contributed by atoms with Crippen LogP contribution in [0.25, 0.3) is 16.6 Å². The highest BCUT2D eigenvalue weighted by molar-refractivity contribution is 5.87. The molecular formula is C13H6N6. The van der Waals surface area contributed by atoms with Gasteiger partial charge in [-0.25, -0.2) is 4.98 Å². The summed E-state index contributed by atoms with van der Waals surface area (Å²) in [5.41, 5.74) is 0.241. The van der Waals surface area contributed by atoms with E-state index in [0.29, 0.717) is 5.82 Å². The quantitative estimate of drug-likeness (QED) is 0.649. The van der Waals surface area contributed by atoms with Crippen LogP contribution in [0.1, 0.15) is 11.4 Å². The Balaban J connectivity index is 2.35. The first-order chi connectivity index (χ1) is 9.35. The van der Waals surface area contributed by atoms with Crippen LogP contribution < -0.4 is 0 Å². The lowest BCUT2D eigenvalue weighted by molar-refractivity contribution is 0.919. The molecule has 3 rings (SSSR count). The predicted molar refractivity (Wildman–Crippen MR) is 66.1 cm³/mol. The fraction of sp³-hybridized carbons (Fsp3) is 0. The van der Waals surface area contributed by atoms with E-state index in [9.17, 15) is 0 Å². The van der Waals surface area contributed by atoms with Gasteiger partial charge in [-0.05, 0) is 0 Å². The van der Waals surface area contributed by atoms with E-state index in [1.54, 1.807) is 6.20 Å². The van der Waals surface area contributed by atoms with Crippen molar-refractivity contribution < 1.29 is 0 Å². The standard InChI is InChI=1S/C13H6N6/c14-5-11-12(6-15)19(8-16-11)13-10-4-2-1-3-9(10)7-17-18-13/h1-4,7-8H. The molecule has 0 bridgehead atoms. The van der Waals surface area contributed by atoms with Crippen LogP contribution in [-0.4, -0.2) is 19.7 Å². The minimum atomic E-state index is 0.0808. The minimum Gasteiger partial charge on any atom is -0.271 e. The van der Waals surface area contributed by atoms with Gasteiger partial charge in [0.15, 0.2) is 17.2 Å². The van der Waals surface area contributed by atoms with E-state index >= 15 is 0 Å². The topological polar surface area (TPSA) is 91.2 Å². The van der Waals surface area contributed by atoms with Crippen molar-refractivity contribution >= 4 is 10.8 Å². The van der Waals surface area contributed by atoms with Gasteiger partial charge in [-0.3, -0.25) is 4.57 Å². The van der Waals surface area contributed by atoms with Crippen LogP contribution in [0.3, 0.4) is 0 Å². The summed E-state index contributed by atoms with van der Waals surface area (Å²) in [6, 6.07) is 11.4. The molecule has 2 heterocycles. The van der Waals surface area contributed by atoms with Crippen molar-refractivity contribution in [1.29, 1.82) is 10.5 Å². The fourth-order valence-corrected chi connectivity index (χ4v) is 1.89. The van der Waals surface area contributed by atoms with Gasteiger partial charge in [0.25, 0.3) is 0 Å². The molecule has 88 valence electrons. The minimum absolute atomic E-state index is 0.0808. The first kappa shape index (κ1) is 10.9. The second-order valence-electron chi connectivity index (χ2n) is 3.79. The maximum Gasteiger partial charge on any atom is 0.177 e. The van der Waals surface area contributed by atoms with Gasteiger partial charge < -0.3 is 0 Å². The Morgan fingerprint density at radius 1 is 1.11 bits per heavy atom. The summed E-state index contributed by atoms with van der Waals surface area (Å²) in [7, 11) is 0. The maximum atomic E-state index is 9.14. The van der Waals surface area contributed by atoms with Crippen molar-refractivity contribution in [2.24, 2.45) is 0 Å². The zero-order valence-corrected chi connectivity index (χ0v) is 9.65. The van der Waals surface area contributed by atoms with Gasteiger partial charge in [0.05, 0.1) is 6.20 Å². The lowest BCUT2D eigenvalue weighted by atomic mass is 10.2. The van der Waals surface area contributed by atoms with Crippen molar-refractivity contribution in [2.75, 3.05) is 0 Å². The number of aromatic nitrogens is 4. The van der Waals surface area contributed by atoms with Gasteiger partial charge in [-0.15, -0.1) is 5.10 Å². The van der Waals surface area contributed by atoms with Crippen molar-refractivity contribution in [3.8, 4) is 18.0 Å². The predicted octanol–water partition coefficient (Wildman–Crippen LogP) is 1.56. The largest absolute Gasteiger partial charge is 0.271 e. The summed E-state index contributed by atoms with van der Waals surface area (Å²) in [5.74, 6) is 0.489. The summed E-state index contributed by atoms with van der Waals surface area (Å²) < 4.78 is 1.48. The average Bonchev–Trinajstić information content (AvgIpc) is 2.89. The molecule has 0 aliphatic rings. The summed E-state index contributed by atoms with van der Waals surface area (Å²) in [5, 5.41) is 27.8.